The van der Waals surface area contributed by atoms with Crippen LogP contribution in [0.15, 0.2) is 18.2 Å². The summed E-state index contributed by atoms with van der Waals surface area (Å²) in [5.41, 5.74) is 3.01. The number of nitrogens with zero attached hydrogens (tertiary/aromatic N) is 1. The summed E-state index contributed by atoms with van der Waals surface area (Å²) in [7, 11) is 1.90. The van der Waals surface area contributed by atoms with Gasteiger partial charge in [-0.05, 0) is 31.0 Å². The van der Waals surface area contributed by atoms with Gasteiger partial charge in [-0.1, -0.05) is 23.2 Å². The highest BCUT2D eigenvalue weighted by Crippen LogP contribution is 2.42. The minimum Gasteiger partial charge on any atom is -0.388 e. The number of halogens is 2. The Kier molecular flexibility index (Phi) is 2.64. The maximum absolute atomic E-state index is 6.21. The molecule has 88 valence electrons. The van der Waals surface area contributed by atoms with E-state index in [1.54, 1.807) is 6.07 Å². The molecular weight excluding hydrogens is 255 g/mol. The molecule has 0 aliphatic heterocycles. The topological polar surface area (TPSA) is 24.9 Å². The summed E-state index contributed by atoms with van der Waals surface area (Å²) in [6.45, 7) is 0. The van der Waals surface area contributed by atoms with Crippen molar-refractivity contribution < 1.29 is 0 Å². The summed E-state index contributed by atoms with van der Waals surface area (Å²) in [6, 6.07) is 5.75. The fourth-order valence-electron chi connectivity index (χ4n) is 2.07. The van der Waals surface area contributed by atoms with Crippen LogP contribution in [0.2, 0.25) is 10.0 Å². The molecule has 1 saturated carbocycles. The van der Waals surface area contributed by atoms with Crippen molar-refractivity contribution in [2.24, 2.45) is 0 Å². The molecule has 0 atom stereocenters. The van der Waals surface area contributed by atoms with Crippen LogP contribution in [0, 0.1) is 0 Å². The highest BCUT2D eigenvalue weighted by atomic mass is 35.5. The molecule has 3 rings (SSSR count). The second kappa shape index (κ2) is 4.04. The Bertz CT molecular complexity index is 591. The lowest BCUT2D eigenvalue weighted by Crippen LogP contribution is -1.96. The Balaban J connectivity index is 2.31. The Labute approximate surface area is 110 Å². The van der Waals surface area contributed by atoms with Gasteiger partial charge in [0.15, 0.2) is 0 Å². The molecule has 0 bridgehead atoms. The van der Waals surface area contributed by atoms with Gasteiger partial charge >= 0.3 is 0 Å². The van der Waals surface area contributed by atoms with E-state index < -0.39 is 0 Å². The predicted octanol–water partition coefficient (Wildman–Crippen LogP) is 4.46. The molecule has 4 heteroatoms. The van der Waals surface area contributed by atoms with E-state index in [0.717, 1.165) is 22.3 Å². The Morgan fingerprint density at radius 3 is 2.65 bits per heavy atom. The number of fused-ring (bicyclic) bond motifs is 1. The zero-order valence-electron chi connectivity index (χ0n) is 9.43. The van der Waals surface area contributed by atoms with Gasteiger partial charge in [-0.2, -0.15) is 0 Å². The summed E-state index contributed by atoms with van der Waals surface area (Å²) in [5, 5.41) is 5.43. The lowest BCUT2D eigenvalue weighted by atomic mass is 10.1. The highest BCUT2D eigenvalue weighted by molar-refractivity contribution is 6.38. The summed E-state index contributed by atoms with van der Waals surface area (Å²) in [5.74, 6) is 0.609. The molecule has 1 aromatic heterocycles. The molecule has 17 heavy (non-hydrogen) atoms. The number of hydrogen-bond donors (Lipinski definition) is 1. The van der Waals surface area contributed by atoms with Crippen LogP contribution in [0.5, 0.6) is 0 Å². The molecule has 0 radical (unpaired) electrons. The monoisotopic (exact) mass is 266 g/mol. The summed E-state index contributed by atoms with van der Waals surface area (Å²) in [4.78, 5) is 4.66. The Morgan fingerprint density at radius 1 is 1.24 bits per heavy atom. The van der Waals surface area contributed by atoms with Crippen molar-refractivity contribution in [1.29, 1.82) is 0 Å². The minimum absolute atomic E-state index is 0.609. The van der Waals surface area contributed by atoms with E-state index in [4.69, 9.17) is 23.2 Å². The number of rotatable bonds is 2. The first-order valence-electron chi connectivity index (χ1n) is 5.66. The van der Waals surface area contributed by atoms with E-state index in [1.165, 1.54) is 12.8 Å². The van der Waals surface area contributed by atoms with Gasteiger partial charge in [0, 0.05) is 34.8 Å². The van der Waals surface area contributed by atoms with E-state index in [0.29, 0.717) is 16.0 Å². The van der Waals surface area contributed by atoms with Gasteiger partial charge < -0.3 is 5.32 Å². The largest absolute Gasteiger partial charge is 0.388 e. The predicted molar refractivity (Wildman–Crippen MR) is 73.3 cm³/mol. The van der Waals surface area contributed by atoms with Gasteiger partial charge in [0.05, 0.1) is 10.5 Å². The molecule has 2 nitrogen and oxygen atoms in total. The van der Waals surface area contributed by atoms with Crippen molar-refractivity contribution in [2.75, 3.05) is 12.4 Å². The zero-order valence-corrected chi connectivity index (χ0v) is 10.9. The quantitative estimate of drug-likeness (QED) is 0.868. The van der Waals surface area contributed by atoms with Crippen LogP contribution < -0.4 is 5.32 Å². The van der Waals surface area contributed by atoms with Crippen LogP contribution >= 0.6 is 23.2 Å². The van der Waals surface area contributed by atoms with Gasteiger partial charge in [-0.25, -0.2) is 0 Å². The van der Waals surface area contributed by atoms with Gasteiger partial charge in [0.2, 0.25) is 0 Å². The molecule has 1 aromatic carbocycles. The Morgan fingerprint density at radius 2 is 2.00 bits per heavy atom. The summed E-state index contributed by atoms with van der Waals surface area (Å²) >= 11 is 12.2. The molecular formula is C13H12Cl2N2. The highest BCUT2D eigenvalue weighted by Gasteiger charge is 2.26. The van der Waals surface area contributed by atoms with E-state index >= 15 is 0 Å². The average molecular weight is 267 g/mol. The molecule has 1 aliphatic carbocycles. The van der Waals surface area contributed by atoms with Gasteiger partial charge in [-0.3, -0.25) is 4.98 Å². The average Bonchev–Trinajstić information content (AvgIpc) is 3.11. The minimum atomic E-state index is 0.609. The summed E-state index contributed by atoms with van der Waals surface area (Å²) < 4.78 is 0. The number of benzene rings is 1. The first kappa shape index (κ1) is 11.1. The van der Waals surface area contributed by atoms with Crippen LogP contribution in [0.4, 0.5) is 5.69 Å². The normalized spacial score (nSPS) is 15.2. The van der Waals surface area contributed by atoms with Crippen LogP contribution in [0.3, 0.4) is 0 Å². The molecule has 1 aliphatic rings. The van der Waals surface area contributed by atoms with E-state index in [9.17, 15) is 0 Å². The third kappa shape index (κ3) is 1.96. The molecule has 1 N–H and O–H groups in total. The second-order valence-corrected chi connectivity index (χ2v) is 5.25. The molecule has 0 saturated heterocycles. The van der Waals surface area contributed by atoms with Crippen molar-refractivity contribution in [3.8, 4) is 0 Å². The maximum Gasteiger partial charge on any atom is 0.0913 e. The fraction of sp³-hybridized carbons (Fsp3) is 0.308. The number of hydrogen-bond acceptors (Lipinski definition) is 2. The van der Waals surface area contributed by atoms with E-state index in [-0.39, 0.29) is 0 Å². The molecule has 1 fully saturated rings. The van der Waals surface area contributed by atoms with Gasteiger partial charge in [0.25, 0.3) is 0 Å². The first-order chi connectivity index (χ1) is 8.19. The molecule has 2 aromatic rings. The van der Waals surface area contributed by atoms with Crippen LogP contribution in [0.1, 0.15) is 24.5 Å². The standard InChI is InChI=1S/C13H12Cl2N2/c1-16-12-6-11(7-2-3-7)17-13-9(12)4-8(14)5-10(13)15/h4-7H,2-3H2,1H3,(H,16,17). The van der Waals surface area contributed by atoms with Gasteiger partial charge in [-0.15, -0.1) is 0 Å². The van der Waals surface area contributed by atoms with Crippen molar-refractivity contribution in [2.45, 2.75) is 18.8 Å². The smallest absolute Gasteiger partial charge is 0.0913 e. The van der Waals surface area contributed by atoms with E-state index in [2.05, 4.69) is 16.4 Å². The van der Waals surface area contributed by atoms with Crippen LogP contribution in [0.25, 0.3) is 10.9 Å². The van der Waals surface area contributed by atoms with Crippen LogP contribution in [-0.2, 0) is 0 Å². The SMILES string of the molecule is CNc1cc(C2CC2)nc2c(Cl)cc(Cl)cc12. The lowest BCUT2D eigenvalue weighted by Gasteiger charge is -2.10. The van der Waals surface area contributed by atoms with E-state index in [1.807, 2.05) is 13.1 Å². The van der Waals surface area contributed by atoms with Crippen molar-refractivity contribution in [3.63, 3.8) is 0 Å². The third-order valence-electron chi connectivity index (χ3n) is 3.12. The van der Waals surface area contributed by atoms with Crippen molar-refractivity contribution in [1.82, 2.24) is 4.98 Å². The fourth-order valence-corrected chi connectivity index (χ4v) is 2.60. The molecule has 0 spiro atoms. The third-order valence-corrected chi connectivity index (χ3v) is 3.62. The molecule has 0 amide bonds. The van der Waals surface area contributed by atoms with Crippen molar-refractivity contribution in [3.05, 3.63) is 33.9 Å². The van der Waals surface area contributed by atoms with Crippen molar-refractivity contribution >= 4 is 39.8 Å². The number of nitrogens with one attached hydrogen (secondary N) is 1. The molecule has 1 heterocycles. The first-order valence-corrected chi connectivity index (χ1v) is 6.42. The second-order valence-electron chi connectivity index (χ2n) is 4.40. The lowest BCUT2D eigenvalue weighted by molar-refractivity contribution is 1.04. The zero-order chi connectivity index (χ0) is 12.0. The maximum atomic E-state index is 6.21. The van der Waals surface area contributed by atoms with Gasteiger partial charge in [0.1, 0.15) is 0 Å². The van der Waals surface area contributed by atoms with Crippen LogP contribution in [-0.4, -0.2) is 12.0 Å². The number of anilines is 1. The number of aromatic nitrogens is 1. The summed E-state index contributed by atoms with van der Waals surface area (Å²) in [6.07, 6.45) is 2.46. The molecule has 0 unspecified atom stereocenters. The number of pyridine rings is 1. The Hall–Kier alpha value is -0.990.